The number of hydrogen-bond donors (Lipinski definition) is 2. The van der Waals surface area contributed by atoms with Gasteiger partial charge in [0.2, 0.25) is 0 Å². The van der Waals surface area contributed by atoms with Crippen LogP contribution in [0.25, 0.3) is 0 Å². The topological polar surface area (TPSA) is 63.5 Å². The number of hydrogen-bond acceptors (Lipinski definition) is 4. The number of alkyl carbamates (subject to hydrolysis) is 1. The first kappa shape index (κ1) is 15.9. The molecule has 6 heteroatoms. The van der Waals surface area contributed by atoms with Gasteiger partial charge in [-0.1, -0.05) is 0 Å². The van der Waals surface area contributed by atoms with Crippen molar-refractivity contribution in [1.82, 2.24) is 10.6 Å². The second kappa shape index (κ2) is 6.82. The molecule has 0 saturated heterocycles. The molecule has 0 aliphatic carbocycles. The molecule has 0 radical (unpaired) electrons. The lowest BCUT2D eigenvalue weighted by molar-refractivity contribution is 0.0508. The van der Waals surface area contributed by atoms with Crippen LogP contribution in [-0.2, 0) is 11.3 Å². The number of carbonyl (C=O) groups is 1. The number of halogens is 1. The second-order valence-corrected chi connectivity index (χ2v) is 5.76. The van der Waals surface area contributed by atoms with E-state index in [1.807, 2.05) is 27.7 Å². The smallest absolute Gasteiger partial charge is 0.407 e. The zero-order chi connectivity index (χ0) is 14.5. The van der Waals surface area contributed by atoms with E-state index in [1.54, 1.807) is 12.1 Å². The van der Waals surface area contributed by atoms with Gasteiger partial charge in [-0.05, 0) is 51.4 Å². The van der Waals surface area contributed by atoms with Crippen molar-refractivity contribution < 1.29 is 13.9 Å². The highest BCUT2D eigenvalue weighted by atomic mass is 35.5. The SMILES string of the molecule is CC(CNCc1ccc(Cl)o1)NC(=O)OC(C)(C)C. The fourth-order valence-electron chi connectivity index (χ4n) is 1.42. The molecule has 1 amide bonds. The van der Waals surface area contributed by atoms with Crippen LogP contribution in [0.4, 0.5) is 4.79 Å². The summed E-state index contributed by atoms with van der Waals surface area (Å²) in [6.45, 7) is 8.55. The molecule has 108 valence electrons. The molecule has 5 nitrogen and oxygen atoms in total. The lowest BCUT2D eigenvalue weighted by atomic mass is 10.2. The van der Waals surface area contributed by atoms with E-state index in [2.05, 4.69) is 10.6 Å². The highest BCUT2D eigenvalue weighted by Crippen LogP contribution is 2.12. The summed E-state index contributed by atoms with van der Waals surface area (Å²) >= 11 is 5.66. The molecule has 0 fully saturated rings. The minimum atomic E-state index is -0.484. The molecule has 19 heavy (non-hydrogen) atoms. The number of amides is 1. The standard InChI is InChI=1S/C13H21ClN2O3/c1-9(16-12(17)19-13(2,3)4)7-15-8-10-5-6-11(14)18-10/h5-6,9,15H,7-8H2,1-4H3,(H,16,17). The largest absolute Gasteiger partial charge is 0.448 e. The number of ether oxygens (including phenoxy) is 1. The summed E-state index contributed by atoms with van der Waals surface area (Å²) in [6.07, 6.45) is -0.414. The van der Waals surface area contributed by atoms with Gasteiger partial charge in [-0.15, -0.1) is 0 Å². The van der Waals surface area contributed by atoms with Gasteiger partial charge in [0.1, 0.15) is 11.4 Å². The molecule has 0 aromatic carbocycles. The van der Waals surface area contributed by atoms with Crippen molar-refractivity contribution >= 4 is 17.7 Å². The van der Waals surface area contributed by atoms with Crippen molar-refractivity contribution in [2.75, 3.05) is 6.54 Å². The van der Waals surface area contributed by atoms with Crippen LogP contribution >= 0.6 is 11.6 Å². The minimum absolute atomic E-state index is 0.0414. The molecule has 1 aromatic heterocycles. The molecule has 1 aromatic rings. The lowest BCUT2D eigenvalue weighted by Crippen LogP contribution is -2.42. The first-order chi connectivity index (χ1) is 8.76. The average molecular weight is 289 g/mol. The first-order valence-corrected chi connectivity index (χ1v) is 6.58. The third-order valence-electron chi connectivity index (χ3n) is 2.14. The molecule has 0 saturated carbocycles. The minimum Gasteiger partial charge on any atom is -0.448 e. The van der Waals surface area contributed by atoms with Crippen LogP contribution < -0.4 is 10.6 Å². The Morgan fingerprint density at radius 2 is 2.16 bits per heavy atom. The fraction of sp³-hybridized carbons (Fsp3) is 0.615. The predicted molar refractivity (Wildman–Crippen MR) is 74.3 cm³/mol. The number of nitrogens with one attached hydrogen (secondary N) is 2. The number of rotatable bonds is 5. The molecule has 0 spiro atoms. The summed E-state index contributed by atoms with van der Waals surface area (Å²) < 4.78 is 10.4. The van der Waals surface area contributed by atoms with Gasteiger partial charge in [0.15, 0.2) is 5.22 Å². The quantitative estimate of drug-likeness (QED) is 0.874. The van der Waals surface area contributed by atoms with Crippen LogP contribution in [0, 0.1) is 0 Å². The molecule has 0 bridgehead atoms. The van der Waals surface area contributed by atoms with Gasteiger partial charge in [-0.2, -0.15) is 0 Å². The molecule has 0 aliphatic rings. The molecule has 1 unspecified atom stereocenters. The maximum Gasteiger partial charge on any atom is 0.407 e. The molecule has 1 rings (SSSR count). The Hall–Kier alpha value is -1.20. The van der Waals surface area contributed by atoms with Crippen molar-refractivity contribution in [3.05, 3.63) is 23.1 Å². The summed E-state index contributed by atoms with van der Waals surface area (Å²) in [6, 6.07) is 3.46. The lowest BCUT2D eigenvalue weighted by Gasteiger charge is -2.22. The summed E-state index contributed by atoms with van der Waals surface area (Å²) in [5, 5.41) is 6.28. The van der Waals surface area contributed by atoms with E-state index in [9.17, 15) is 4.79 Å². The maximum absolute atomic E-state index is 11.5. The van der Waals surface area contributed by atoms with Crippen LogP contribution in [0.3, 0.4) is 0 Å². The Morgan fingerprint density at radius 1 is 1.47 bits per heavy atom. The Kier molecular flexibility index (Phi) is 5.69. The van der Waals surface area contributed by atoms with Crippen LogP contribution in [0.15, 0.2) is 16.5 Å². The van der Waals surface area contributed by atoms with E-state index in [0.717, 1.165) is 5.76 Å². The zero-order valence-corrected chi connectivity index (χ0v) is 12.5. The van der Waals surface area contributed by atoms with Crippen molar-refractivity contribution in [3.63, 3.8) is 0 Å². The van der Waals surface area contributed by atoms with E-state index in [0.29, 0.717) is 18.3 Å². The highest BCUT2D eigenvalue weighted by molar-refractivity contribution is 6.28. The van der Waals surface area contributed by atoms with Gasteiger partial charge in [-0.3, -0.25) is 0 Å². The van der Waals surface area contributed by atoms with Crippen molar-refractivity contribution in [1.29, 1.82) is 0 Å². The molecular formula is C13H21ClN2O3. The summed E-state index contributed by atoms with van der Waals surface area (Å²) in [4.78, 5) is 11.5. The third-order valence-corrected chi connectivity index (χ3v) is 2.34. The Bertz CT molecular complexity index is 412. The fourth-order valence-corrected chi connectivity index (χ4v) is 1.58. The van der Waals surface area contributed by atoms with Gasteiger partial charge in [0.05, 0.1) is 6.54 Å². The van der Waals surface area contributed by atoms with Gasteiger partial charge in [-0.25, -0.2) is 4.79 Å². The summed E-state index contributed by atoms with van der Waals surface area (Å²) in [5.41, 5.74) is -0.484. The predicted octanol–water partition coefficient (Wildman–Crippen LogP) is 2.94. The maximum atomic E-state index is 11.5. The second-order valence-electron chi connectivity index (χ2n) is 5.38. The molecule has 2 N–H and O–H groups in total. The summed E-state index contributed by atoms with van der Waals surface area (Å²) in [5.74, 6) is 0.759. The van der Waals surface area contributed by atoms with Crippen molar-refractivity contribution in [3.8, 4) is 0 Å². The first-order valence-electron chi connectivity index (χ1n) is 6.21. The van der Waals surface area contributed by atoms with E-state index in [4.69, 9.17) is 20.8 Å². The van der Waals surface area contributed by atoms with Crippen molar-refractivity contribution in [2.45, 2.75) is 45.9 Å². The monoisotopic (exact) mass is 288 g/mol. The van der Waals surface area contributed by atoms with E-state index < -0.39 is 11.7 Å². The van der Waals surface area contributed by atoms with E-state index in [1.165, 1.54) is 0 Å². The Labute approximate surface area is 118 Å². The van der Waals surface area contributed by atoms with Crippen LogP contribution in [-0.4, -0.2) is 24.3 Å². The third kappa shape index (κ3) is 7.08. The zero-order valence-electron chi connectivity index (χ0n) is 11.7. The van der Waals surface area contributed by atoms with Gasteiger partial charge in [0, 0.05) is 12.6 Å². The number of furan rings is 1. The van der Waals surface area contributed by atoms with Gasteiger partial charge >= 0.3 is 6.09 Å². The van der Waals surface area contributed by atoms with Gasteiger partial charge in [0.25, 0.3) is 0 Å². The molecular weight excluding hydrogens is 268 g/mol. The molecule has 0 aliphatic heterocycles. The van der Waals surface area contributed by atoms with Crippen molar-refractivity contribution in [2.24, 2.45) is 0 Å². The van der Waals surface area contributed by atoms with Crippen LogP contribution in [0.2, 0.25) is 5.22 Å². The van der Waals surface area contributed by atoms with Gasteiger partial charge < -0.3 is 19.8 Å². The normalized spacial score (nSPS) is 13.1. The Morgan fingerprint density at radius 3 is 2.68 bits per heavy atom. The molecule has 1 heterocycles. The summed E-state index contributed by atoms with van der Waals surface area (Å²) in [7, 11) is 0. The highest BCUT2D eigenvalue weighted by Gasteiger charge is 2.17. The van der Waals surface area contributed by atoms with E-state index in [-0.39, 0.29) is 6.04 Å². The van der Waals surface area contributed by atoms with E-state index >= 15 is 0 Å². The van der Waals surface area contributed by atoms with Crippen LogP contribution in [0.5, 0.6) is 0 Å². The average Bonchev–Trinajstić information content (AvgIpc) is 2.60. The Balaban J connectivity index is 2.21. The van der Waals surface area contributed by atoms with Crippen LogP contribution in [0.1, 0.15) is 33.5 Å². The molecule has 1 atom stereocenters. The number of carbonyl (C=O) groups excluding carboxylic acids is 1.